The minimum absolute atomic E-state index is 0.136. The van der Waals surface area contributed by atoms with Gasteiger partial charge in [-0.05, 0) is 41.0 Å². The van der Waals surface area contributed by atoms with Crippen LogP contribution >= 0.6 is 11.8 Å². The van der Waals surface area contributed by atoms with Crippen LogP contribution in [0.1, 0.15) is 27.9 Å². The van der Waals surface area contributed by atoms with Crippen molar-refractivity contribution in [3.63, 3.8) is 0 Å². The van der Waals surface area contributed by atoms with Gasteiger partial charge in [-0.1, -0.05) is 11.8 Å². The molecule has 3 heterocycles. The number of rotatable bonds is 6. The lowest BCUT2D eigenvalue weighted by molar-refractivity contribution is -0.141. The molecule has 1 aliphatic carbocycles. The molecule has 0 radical (unpaired) electrons. The lowest BCUT2D eigenvalue weighted by Crippen LogP contribution is -2.33. The molecule has 1 saturated heterocycles. The van der Waals surface area contributed by atoms with E-state index in [-0.39, 0.29) is 42.4 Å². The van der Waals surface area contributed by atoms with Crippen molar-refractivity contribution in [2.75, 3.05) is 40.5 Å². The van der Waals surface area contributed by atoms with Crippen molar-refractivity contribution in [1.82, 2.24) is 15.2 Å². The van der Waals surface area contributed by atoms with Crippen molar-refractivity contribution in [3.8, 4) is 28.7 Å². The minimum Gasteiger partial charge on any atom is -0.493 e. The summed E-state index contributed by atoms with van der Waals surface area (Å²) in [5.74, 6) is 1.77. The first-order valence-corrected chi connectivity index (χ1v) is 12.1. The minimum atomic E-state index is -0.463. The number of fused-ring (bicyclic) bond motifs is 3. The van der Waals surface area contributed by atoms with Crippen LogP contribution in [-0.2, 0) is 9.53 Å². The Kier molecular flexibility index (Phi) is 5.47. The van der Waals surface area contributed by atoms with Gasteiger partial charge in [-0.15, -0.1) is 5.10 Å². The van der Waals surface area contributed by atoms with Crippen LogP contribution in [0.3, 0.4) is 0 Å². The van der Waals surface area contributed by atoms with E-state index in [1.54, 1.807) is 21.3 Å². The molecule has 0 bridgehead atoms. The number of esters is 1. The van der Waals surface area contributed by atoms with Crippen molar-refractivity contribution >= 4 is 23.7 Å². The molecule has 4 atom stereocenters. The van der Waals surface area contributed by atoms with E-state index in [1.807, 2.05) is 24.3 Å². The summed E-state index contributed by atoms with van der Waals surface area (Å²) in [7, 11) is 4.68. The van der Waals surface area contributed by atoms with Gasteiger partial charge in [0.05, 0.1) is 33.9 Å². The number of methoxy groups -OCH3 is 3. The molecule has 3 aliphatic rings. The van der Waals surface area contributed by atoms with Crippen molar-refractivity contribution in [3.05, 3.63) is 41.0 Å². The predicted molar refractivity (Wildman–Crippen MR) is 128 cm³/mol. The summed E-state index contributed by atoms with van der Waals surface area (Å²) in [4.78, 5) is 17.5. The molecular formula is C24H24N4O7S. The highest BCUT2D eigenvalue weighted by atomic mass is 32.2. The van der Waals surface area contributed by atoms with Gasteiger partial charge in [0, 0.05) is 17.1 Å². The van der Waals surface area contributed by atoms with Crippen molar-refractivity contribution in [2.45, 2.75) is 16.3 Å². The highest BCUT2D eigenvalue weighted by Gasteiger charge is 2.53. The van der Waals surface area contributed by atoms with Gasteiger partial charge in [0.25, 0.3) is 0 Å². The van der Waals surface area contributed by atoms with E-state index in [0.29, 0.717) is 33.9 Å². The molecule has 2 aromatic carbocycles. The second-order valence-electron chi connectivity index (χ2n) is 8.63. The average molecular weight is 513 g/mol. The molecule has 6 rings (SSSR count). The van der Waals surface area contributed by atoms with Crippen molar-refractivity contribution in [2.24, 2.45) is 11.8 Å². The van der Waals surface area contributed by atoms with Gasteiger partial charge in [0.2, 0.25) is 23.6 Å². The molecule has 2 aliphatic heterocycles. The number of hydrogen-bond acceptors (Lipinski definition) is 11. The van der Waals surface area contributed by atoms with Crippen LogP contribution in [0, 0.1) is 11.8 Å². The quantitative estimate of drug-likeness (QED) is 0.471. The monoisotopic (exact) mass is 512 g/mol. The number of aromatic nitrogens is 3. The summed E-state index contributed by atoms with van der Waals surface area (Å²) in [6.45, 7) is 0.410. The van der Waals surface area contributed by atoms with Gasteiger partial charge in [0.1, 0.15) is 0 Å². The Morgan fingerprint density at radius 2 is 1.69 bits per heavy atom. The molecule has 11 nitrogen and oxygen atoms in total. The van der Waals surface area contributed by atoms with Gasteiger partial charge in [0.15, 0.2) is 23.0 Å². The smallest absolute Gasteiger partial charge is 0.310 e. The number of anilines is 1. The maximum atomic E-state index is 13.2. The molecule has 0 spiro atoms. The Morgan fingerprint density at radius 3 is 2.31 bits per heavy atom. The number of cyclic esters (lactones) is 1. The number of aromatic amines is 1. The van der Waals surface area contributed by atoms with E-state index in [9.17, 15) is 4.79 Å². The fraction of sp³-hybridized carbons (Fsp3) is 0.375. The Labute approximate surface area is 210 Å². The first kappa shape index (κ1) is 22.7. The van der Waals surface area contributed by atoms with Gasteiger partial charge >= 0.3 is 5.97 Å². The number of nitrogen functional groups attached to an aromatic ring is 1. The average Bonchev–Trinajstić information content (AvgIpc) is 3.62. The second-order valence-corrected chi connectivity index (χ2v) is 9.74. The maximum absolute atomic E-state index is 13.2. The van der Waals surface area contributed by atoms with Crippen LogP contribution in [0.25, 0.3) is 0 Å². The van der Waals surface area contributed by atoms with E-state index >= 15 is 0 Å². The first-order valence-electron chi connectivity index (χ1n) is 11.3. The molecule has 1 aromatic heterocycles. The van der Waals surface area contributed by atoms with Gasteiger partial charge in [-0.2, -0.15) is 4.98 Å². The lowest BCUT2D eigenvalue weighted by Gasteiger charge is -2.38. The Morgan fingerprint density at radius 1 is 1.00 bits per heavy atom. The third-order valence-corrected chi connectivity index (χ3v) is 8.13. The summed E-state index contributed by atoms with van der Waals surface area (Å²) in [6.07, 6.45) is 0. The molecule has 188 valence electrons. The summed E-state index contributed by atoms with van der Waals surface area (Å²) in [5, 5.41) is 7.19. The van der Waals surface area contributed by atoms with E-state index in [4.69, 9.17) is 34.2 Å². The predicted octanol–water partition coefficient (Wildman–Crippen LogP) is 2.91. The number of benzene rings is 2. The molecule has 0 unspecified atom stereocenters. The molecule has 1 fully saturated rings. The van der Waals surface area contributed by atoms with Crippen LogP contribution < -0.4 is 29.4 Å². The molecule has 3 N–H and O–H groups in total. The maximum Gasteiger partial charge on any atom is 0.310 e. The van der Waals surface area contributed by atoms with Crippen molar-refractivity contribution < 1.29 is 33.2 Å². The van der Waals surface area contributed by atoms with E-state index < -0.39 is 5.92 Å². The number of nitrogens with two attached hydrogens (primary N) is 1. The third kappa shape index (κ3) is 3.47. The van der Waals surface area contributed by atoms with Gasteiger partial charge in [-0.3, -0.25) is 4.79 Å². The van der Waals surface area contributed by atoms with E-state index in [1.165, 1.54) is 11.8 Å². The summed E-state index contributed by atoms with van der Waals surface area (Å²) < 4.78 is 33.8. The SMILES string of the molecule is COc1cc([C@@H]2c3cc4c(cc3[C@@H](Sc3n[nH]c(N)n3)[C@H]3COC(=O)[C@H]23)OCO4)cc(OC)c1OC. The Hall–Kier alpha value is -3.80. The lowest BCUT2D eigenvalue weighted by atomic mass is 9.67. The molecule has 0 saturated carbocycles. The molecule has 36 heavy (non-hydrogen) atoms. The summed E-state index contributed by atoms with van der Waals surface area (Å²) >= 11 is 1.44. The van der Waals surface area contributed by atoms with E-state index in [0.717, 1.165) is 16.7 Å². The molecular weight excluding hydrogens is 488 g/mol. The topological polar surface area (TPSA) is 140 Å². The van der Waals surface area contributed by atoms with Crippen LogP contribution in [0.4, 0.5) is 5.95 Å². The van der Waals surface area contributed by atoms with E-state index in [2.05, 4.69) is 15.2 Å². The number of H-pyrrole nitrogens is 1. The molecule has 0 amide bonds. The highest BCUT2D eigenvalue weighted by Crippen LogP contribution is 2.59. The number of nitrogens with zero attached hydrogens (tertiary/aromatic N) is 2. The zero-order valence-corrected chi connectivity index (χ0v) is 20.6. The Balaban J connectivity index is 1.56. The van der Waals surface area contributed by atoms with Gasteiger partial charge < -0.3 is 34.2 Å². The zero-order chi connectivity index (χ0) is 25.0. The number of carbonyl (C=O) groups is 1. The Bertz CT molecular complexity index is 1320. The zero-order valence-electron chi connectivity index (χ0n) is 19.8. The first-order chi connectivity index (χ1) is 17.5. The van der Waals surface area contributed by atoms with Crippen LogP contribution in [0.15, 0.2) is 29.4 Å². The van der Waals surface area contributed by atoms with Crippen LogP contribution in [-0.4, -0.2) is 55.9 Å². The number of ether oxygens (including phenoxy) is 6. The van der Waals surface area contributed by atoms with Crippen LogP contribution in [0.2, 0.25) is 0 Å². The van der Waals surface area contributed by atoms with Crippen LogP contribution in [0.5, 0.6) is 28.7 Å². The van der Waals surface area contributed by atoms with Gasteiger partial charge in [-0.25, -0.2) is 5.10 Å². The summed E-state index contributed by atoms with van der Waals surface area (Å²) in [6, 6.07) is 7.70. The number of nitrogens with one attached hydrogen (secondary N) is 1. The fourth-order valence-corrected chi connectivity index (χ4v) is 6.60. The highest BCUT2D eigenvalue weighted by molar-refractivity contribution is 7.99. The third-order valence-electron chi connectivity index (χ3n) is 6.88. The largest absolute Gasteiger partial charge is 0.493 e. The fourth-order valence-electron chi connectivity index (χ4n) is 5.37. The number of hydrogen-bond donors (Lipinski definition) is 2. The second kappa shape index (κ2) is 8.70. The normalized spacial score (nSPS) is 23.6. The molecule has 3 aromatic rings. The standard InChI is InChI=1S/C24H24N4O7S/c1-30-16-4-10(5-17(31-2)20(16)32-3)18-11-6-14-15(35-9-34-14)7-12(11)21(13-8-33-22(29)19(13)18)36-24-26-23(25)27-28-24/h4-7,13,18-19,21H,8-9H2,1-3H3,(H3,25,26,27,28)/t13-,18+,19-,21+/m0/s1. The number of carbonyl (C=O) groups excluding carboxylic acids is 1. The number of thioether (sulfide) groups is 1. The summed E-state index contributed by atoms with van der Waals surface area (Å²) in [5.41, 5.74) is 8.52. The molecule has 12 heteroatoms. The van der Waals surface area contributed by atoms with Crippen molar-refractivity contribution in [1.29, 1.82) is 0 Å².